The highest BCUT2D eigenvalue weighted by Gasteiger charge is 2.51. The number of carbonyl (C=O) groups excluding carboxylic acids is 1. The van der Waals surface area contributed by atoms with E-state index in [1.165, 1.54) is 6.26 Å². The van der Waals surface area contributed by atoms with Gasteiger partial charge in [0.2, 0.25) is 5.89 Å². The molecule has 2 N–H and O–H groups in total. The number of rotatable bonds is 8. The molecule has 4 rings (SSSR count). The fourth-order valence-corrected chi connectivity index (χ4v) is 4.39. The van der Waals surface area contributed by atoms with Gasteiger partial charge >= 0.3 is 5.97 Å². The summed E-state index contributed by atoms with van der Waals surface area (Å²) in [5.74, 6) is -0.431. The third-order valence-electron chi connectivity index (χ3n) is 5.67. The van der Waals surface area contributed by atoms with Crippen LogP contribution in [-0.4, -0.2) is 34.2 Å². The molecule has 1 aromatic heterocycles. The predicted molar refractivity (Wildman–Crippen MR) is 111 cm³/mol. The Morgan fingerprint density at radius 1 is 1.20 bits per heavy atom. The molecule has 3 heterocycles. The molecule has 0 spiro atoms. The van der Waals surface area contributed by atoms with Crippen LogP contribution in [0.2, 0.25) is 5.02 Å². The van der Waals surface area contributed by atoms with Gasteiger partial charge in [0.05, 0.1) is 18.1 Å². The minimum Gasteiger partial charge on any atom is -0.481 e. The molecule has 4 atom stereocenters. The molecule has 1 amide bonds. The highest BCUT2D eigenvalue weighted by Crippen LogP contribution is 2.50. The molecular weight excluding hydrogens is 408 g/mol. The van der Waals surface area contributed by atoms with E-state index in [0.29, 0.717) is 23.0 Å². The smallest absolute Gasteiger partial charge is 0.303 e. The minimum absolute atomic E-state index is 0.00930. The monoisotopic (exact) mass is 430 g/mol. The van der Waals surface area contributed by atoms with E-state index in [0.717, 1.165) is 19.3 Å². The Balaban J connectivity index is 1.42. The van der Waals surface area contributed by atoms with Gasteiger partial charge in [-0.25, -0.2) is 4.98 Å². The van der Waals surface area contributed by atoms with Crippen LogP contribution in [0.1, 0.15) is 54.4 Å². The normalized spacial score (nSPS) is 25.1. The lowest BCUT2D eigenvalue weighted by Gasteiger charge is -2.24. The van der Waals surface area contributed by atoms with Gasteiger partial charge in [-0.1, -0.05) is 23.8 Å². The second-order valence-corrected chi connectivity index (χ2v) is 8.09. The van der Waals surface area contributed by atoms with Crippen LogP contribution in [0.3, 0.4) is 0 Å². The van der Waals surface area contributed by atoms with Gasteiger partial charge in [0.1, 0.15) is 6.26 Å². The van der Waals surface area contributed by atoms with Crippen LogP contribution in [0.4, 0.5) is 5.69 Å². The number of nitrogens with zero attached hydrogens (tertiary/aromatic N) is 1. The van der Waals surface area contributed by atoms with Gasteiger partial charge in [-0.05, 0) is 49.9 Å². The molecule has 2 aromatic rings. The summed E-state index contributed by atoms with van der Waals surface area (Å²) in [6.45, 7) is 0. The molecule has 8 heteroatoms. The average molecular weight is 431 g/mol. The van der Waals surface area contributed by atoms with Crippen molar-refractivity contribution in [3.8, 4) is 0 Å². The Kier molecular flexibility index (Phi) is 6.20. The summed E-state index contributed by atoms with van der Waals surface area (Å²) in [7, 11) is 0. The second-order valence-electron chi connectivity index (χ2n) is 7.65. The summed E-state index contributed by atoms with van der Waals surface area (Å²) in [4.78, 5) is 27.6. The highest BCUT2D eigenvalue weighted by atomic mass is 35.5. The van der Waals surface area contributed by atoms with E-state index in [2.05, 4.69) is 10.3 Å². The SMILES string of the molecule is O=C(O)CCC=CCC1[C@@H]2CC[C@@H](O2)[C@H]1c1nc(C(=O)Nc2ccc(Cl)cc2)co1. The maximum atomic E-state index is 12.5. The summed E-state index contributed by atoms with van der Waals surface area (Å²) in [6, 6.07) is 6.84. The number of oxazole rings is 1. The Morgan fingerprint density at radius 2 is 1.97 bits per heavy atom. The number of nitrogens with one attached hydrogen (secondary N) is 1. The van der Waals surface area contributed by atoms with E-state index >= 15 is 0 Å². The van der Waals surface area contributed by atoms with Crippen molar-refractivity contribution in [1.82, 2.24) is 4.98 Å². The molecule has 158 valence electrons. The zero-order chi connectivity index (χ0) is 21.1. The van der Waals surface area contributed by atoms with Crippen molar-refractivity contribution in [1.29, 1.82) is 0 Å². The van der Waals surface area contributed by atoms with Crippen molar-refractivity contribution in [3.63, 3.8) is 0 Å². The number of benzene rings is 1. The first kappa shape index (κ1) is 20.6. The van der Waals surface area contributed by atoms with E-state index in [4.69, 9.17) is 25.9 Å². The average Bonchev–Trinajstić information content (AvgIpc) is 3.45. The van der Waals surface area contributed by atoms with Crippen LogP contribution in [0.25, 0.3) is 0 Å². The van der Waals surface area contributed by atoms with Gasteiger partial charge in [0.15, 0.2) is 5.69 Å². The molecule has 2 aliphatic rings. The number of carboxylic acid groups (broad SMARTS) is 1. The highest BCUT2D eigenvalue weighted by molar-refractivity contribution is 6.30. The number of aromatic nitrogens is 1. The first-order chi connectivity index (χ1) is 14.5. The zero-order valence-electron chi connectivity index (χ0n) is 16.3. The van der Waals surface area contributed by atoms with Crippen molar-refractivity contribution in [2.45, 2.75) is 50.2 Å². The third kappa shape index (κ3) is 4.57. The Hall–Kier alpha value is -2.64. The molecule has 2 bridgehead atoms. The third-order valence-corrected chi connectivity index (χ3v) is 5.92. The maximum absolute atomic E-state index is 12.5. The lowest BCUT2D eigenvalue weighted by atomic mass is 9.77. The molecule has 2 aliphatic heterocycles. The lowest BCUT2D eigenvalue weighted by molar-refractivity contribution is -0.136. The summed E-state index contributed by atoms with van der Waals surface area (Å²) >= 11 is 5.87. The summed E-state index contributed by atoms with van der Waals surface area (Å²) in [5, 5.41) is 12.1. The van der Waals surface area contributed by atoms with Gasteiger partial charge in [-0.2, -0.15) is 0 Å². The number of carbonyl (C=O) groups is 2. The molecule has 1 aromatic carbocycles. The number of allylic oxidation sites excluding steroid dienone is 2. The van der Waals surface area contributed by atoms with Gasteiger partial charge < -0.3 is 19.6 Å². The number of amides is 1. The summed E-state index contributed by atoms with van der Waals surface area (Å²) in [6.07, 6.45) is 8.82. The van der Waals surface area contributed by atoms with Crippen molar-refractivity contribution < 1.29 is 23.8 Å². The topological polar surface area (TPSA) is 102 Å². The van der Waals surface area contributed by atoms with Crippen molar-refractivity contribution in [2.75, 3.05) is 5.32 Å². The van der Waals surface area contributed by atoms with Gasteiger partial charge in [0, 0.05) is 23.0 Å². The standard InChI is InChI=1S/C22H23ClN2O5/c23-13-6-8-14(9-7-13)24-21(28)16-12-29-22(25-16)20-15(17-10-11-18(20)30-17)4-2-1-3-5-19(26)27/h1-2,6-9,12,15,17-18,20H,3-5,10-11H2,(H,24,28)(H,26,27)/t15?,17-,18+,20-/m0/s1. The quantitative estimate of drug-likeness (QED) is 0.591. The molecule has 30 heavy (non-hydrogen) atoms. The summed E-state index contributed by atoms with van der Waals surface area (Å²) in [5.41, 5.74) is 0.847. The first-order valence-electron chi connectivity index (χ1n) is 10.1. The molecule has 7 nitrogen and oxygen atoms in total. The zero-order valence-corrected chi connectivity index (χ0v) is 17.0. The van der Waals surface area contributed by atoms with Crippen LogP contribution < -0.4 is 5.32 Å². The number of carboxylic acids is 1. The predicted octanol–water partition coefficient (Wildman–Crippen LogP) is 4.65. The van der Waals surface area contributed by atoms with Crippen molar-refractivity contribution >= 4 is 29.2 Å². The van der Waals surface area contributed by atoms with Crippen LogP contribution in [0, 0.1) is 5.92 Å². The van der Waals surface area contributed by atoms with Crippen LogP contribution >= 0.6 is 11.6 Å². The maximum Gasteiger partial charge on any atom is 0.303 e. The first-order valence-corrected chi connectivity index (χ1v) is 10.4. The van der Waals surface area contributed by atoms with Crippen LogP contribution in [0.15, 0.2) is 47.1 Å². The second kappa shape index (κ2) is 9.02. The summed E-state index contributed by atoms with van der Waals surface area (Å²) < 4.78 is 11.8. The van der Waals surface area contributed by atoms with E-state index < -0.39 is 5.97 Å². The molecule has 2 fully saturated rings. The Labute approximate surface area is 179 Å². The molecule has 0 aliphatic carbocycles. The minimum atomic E-state index is -0.801. The fourth-order valence-electron chi connectivity index (χ4n) is 4.27. The molecule has 0 saturated carbocycles. The Morgan fingerprint density at radius 3 is 2.73 bits per heavy atom. The Bertz CT molecular complexity index is 939. The van der Waals surface area contributed by atoms with Crippen molar-refractivity contribution in [3.05, 3.63) is 59.3 Å². The molecule has 0 radical (unpaired) electrons. The van der Waals surface area contributed by atoms with Crippen LogP contribution in [0.5, 0.6) is 0 Å². The number of fused-ring (bicyclic) bond motifs is 2. The molecular formula is C22H23ClN2O5. The van der Waals surface area contributed by atoms with E-state index in [1.54, 1.807) is 24.3 Å². The lowest BCUT2D eigenvalue weighted by Crippen LogP contribution is -2.25. The number of aliphatic carboxylic acids is 1. The fraction of sp³-hybridized carbons (Fsp3) is 0.409. The van der Waals surface area contributed by atoms with Crippen molar-refractivity contribution in [2.24, 2.45) is 5.92 Å². The van der Waals surface area contributed by atoms with E-state index in [9.17, 15) is 9.59 Å². The number of hydrogen-bond acceptors (Lipinski definition) is 5. The van der Waals surface area contributed by atoms with Crippen LogP contribution in [-0.2, 0) is 9.53 Å². The number of hydrogen-bond donors (Lipinski definition) is 2. The van der Waals surface area contributed by atoms with Gasteiger partial charge in [-0.3, -0.25) is 9.59 Å². The number of ether oxygens (including phenoxy) is 1. The number of halogens is 1. The van der Waals surface area contributed by atoms with Gasteiger partial charge in [-0.15, -0.1) is 0 Å². The molecule has 1 unspecified atom stereocenters. The number of anilines is 1. The van der Waals surface area contributed by atoms with E-state index in [1.807, 2.05) is 12.2 Å². The van der Waals surface area contributed by atoms with E-state index in [-0.39, 0.29) is 42.1 Å². The largest absolute Gasteiger partial charge is 0.481 e. The molecule has 2 saturated heterocycles. The van der Waals surface area contributed by atoms with Gasteiger partial charge in [0.25, 0.3) is 5.91 Å².